The lowest BCUT2D eigenvalue weighted by Crippen LogP contribution is -2.29. The van der Waals surface area contributed by atoms with Crippen molar-refractivity contribution in [1.29, 1.82) is 0 Å². The second-order valence-electron chi connectivity index (χ2n) is 4.96. The largest absolute Gasteiger partial charge is 0.396 e. The molecule has 1 aromatic carbocycles. The van der Waals surface area contributed by atoms with Crippen molar-refractivity contribution in [2.45, 2.75) is 26.3 Å². The number of aliphatic hydroxyl groups is 1. The average Bonchev–Trinajstić information content (AvgIpc) is 2.75. The number of hydrogen-bond acceptors (Lipinski definition) is 2. The summed E-state index contributed by atoms with van der Waals surface area (Å²) in [5.41, 5.74) is 1.53. The van der Waals surface area contributed by atoms with Crippen molar-refractivity contribution in [3.05, 3.63) is 35.9 Å². The van der Waals surface area contributed by atoms with Gasteiger partial charge in [0.1, 0.15) is 0 Å². The van der Waals surface area contributed by atoms with Gasteiger partial charge in [-0.15, -0.1) is 0 Å². The molecule has 2 heteroatoms. The van der Waals surface area contributed by atoms with Crippen molar-refractivity contribution in [2.75, 3.05) is 19.7 Å². The van der Waals surface area contributed by atoms with Crippen LogP contribution in [-0.2, 0) is 6.54 Å². The van der Waals surface area contributed by atoms with E-state index in [-0.39, 0.29) is 5.41 Å². The maximum Gasteiger partial charge on any atom is 0.0500 e. The molecule has 88 valence electrons. The Hall–Kier alpha value is -0.860. The monoisotopic (exact) mass is 219 g/mol. The summed E-state index contributed by atoms with van der Waals surface area (Å²) in [5, 5.41) is 9.47. The number of benzene rings is 1. The Bertz CT molecular complexity index is 319. The average molecular weight is 219 g/mol. The lowest BCUT2D eigenvalue weighted by atomic mass is 9.85. The van der Waals surface area contributed by atoms with E-state index in [9.17, 15) is 5.11 Å². The van der Waals surface area contributed by atoms with Gasteiger partial charge >= 0.3 is 0 Å². The van der Waals surface area contributed by atoms with Crippen molar-refractivity contribution in [3.8, 4) is 0 Å². The van der Waals surface area contributed by atoms with Gasteiger partial charge in [0.05, 0.1) is 0 Å². The second kappa shape index (κ2) is 4.98. The minimum atomic E-state index is 0.161. The van der Waals surface area contributed by atoms with Crippen LogP contribution < -0.4 is 0 Å². The van der Waals surface area contributed by atoms with E-state index >= 15 is 0 Å². The maximum absolute atomic E-state index is 9.47. The quantitative estimate of drug-likeness (QED) is 0.840. The highest BCUT2D eigenvalue weighted by Gasteiger charge is 2.35. The minimum Gasteiger partial charge on any atom is -0.396 e. The third-order valence-electron chi connectivity index (χ3n) is 3.85. The fraction of sp³-hybridized carbons (Fsp3) is 0.571. The molecule has 1 fully saturated rings. The lowest BCUT2D eigenvalue weighted by Gasteiger charge is -2.25. The summed E-state index contributed by atoms with van der Waals surface area (Å²) < 4.78 is 0. The number of rotatable bonds is 4. The summed E-state index contributed by atoms with van der Waals surface area (Å²) >= 11 is 0. The maximum atomic E-state index is 9.47. The summed E-state index contributed by atoms with van der Waals surface area (Å²) in [6.45, 7) is 5.68. The SMILES string of the molecule is CCC1(CO)CCN(Cc2ccccc2)C1. The zero-order chi connectivity index (χ0) is 11.4. The topological polar surface area (TPSA) is 23.5 Å². The molecule has 2 rings (SSSR count). The van der Waals surface area contributed by atoms with Crippen LogP contribution in [0.4, 0.5) is 0 Å². The zero-order valence-electron chi connectivity index (χ0n) is 10.0. The molecular formula is C14H21NO. The van der Waals surface area contributed by atoms with Gasteiger partial charge in [-0.1, -0.05) is 37.3 Å². The molecule has 1 saturated heterocycles. The minimum absolute atomic E-state index is 0.161. The Morgan fingerprint density at radius 1 is 1.31 bits per heavy atom. The van der Waals surface area contributed by atoms with E-state index < -0.39 is 0 Å². The summed E-state index contributed by atoms with van der Waals surface area (Å²) in [7, 11) is 0. The summed E-state index contributed by atoms with van der Waals surface area (Å²) in [5.74, 6) is 0. The Balaban J connectivity index is 1.95. The second-order valence-corrected chi connectivity index (χ2v) is 4.96. The van der Waals surface area contributed by atoms with Gasteiger partial charge in [0.2, 0.25) is 0 Å². The highest BCUT2D eigenvalue weighted by Crippen LogP contribution is 2.33. The van der Waals surface area contributed by atoms with Crippen molar-refractivity contribution >= 4 is 0 Å². The Labute approximate surface area is 97.9 Å². The zero-order valence-corrected chi connectivity index (χ0v) is 10.0. The first-order valence-corrected chi connectivity index (χ1v) is 6.15. The summed E-state index contributed by atoms with van der Waals surface area (Å²) in [6, 6.07) is 10.6. The van der Waals surface area contributed by atoms with E-state index in [0.717, 1.165) is 32.5 Å². The van der Waals surface area contributed by atoms with E-state index in [1.807, 2.05) is 0 Å². The van der Waals surface area contributed by atoms with Crippen LogP contribution in [0.5, 0.6) is 0 Å². The highest BCUT2D eigenvalue weighted by molar-refractivity contribution is 5.14. The van der Waals surface area contributed by atoms with Gasteiger partial charge in [-0.2, -0.15) is 0 Å². The molecule has 0 spiro atoms. The van der Waals surface area contributed by atoms with Gasteiger partial charge in [0.15, 0.2) is 0 Å². The van der Waals surface area contributed by atoms with Crippen LogP contribution >= 0.6 is 0 Å². The molecule has 0 aliphatic carbocycles. The van der Waals surface area contributed by atoms with Crippen LogP contribution in [-0.4, -0.2) is 29.7 Å². The number of nitrogens with zero attached hydrogens (tertiary/aromatic N) is 1. The van der Waals surface area contributed by atoms with Gasteiger partial charge in [0.25, 0.3) is 0 Å². The van der Waals surface area contributed by atoms with Gasteiger partial charge in [-0.3, -0.25) is 4.90 Å². The molecular weight excluding hydrogens is 198 g/mol. The molecule has 1 aliphatic heterocycles. The fourth-order valence-corrected chi connectivity index (χ4v) is 2.53. The molecule has 16 heavy (non-hydrogen) atoms. The molecule has 0 radical (unpaired) electrons. The van der Waals surface area contributed by atoms with Crippen LogP contribution in [0.25, 0.3) is 0 Å². The molecule has 0 saturated carbocycles. The van der Waals surface area contributed by atoms with E-state index in [0.29, 0.717) is 6.61 Å². The third-order valence-corrected chi connectivity index (χ3v) is 3.85. The number of aliphatic hydroxyl groups excluding tert-OH is 1. The smallest absolute Gasteiger partial charge is 0.0500 e. The van der Waals surface area contributed by atoms with Gasteiger partial charge in [-0.05, 0) is 24.9 Å². The van der Waals surface area contributed by atoms with E-state index in [4.69, 9.17) is 0 Å². The predicted molar refractivity (Wildman–Crippen MR) is 66.1 cm³/mol. The standard InChI is InChI=1S/C14H21NO/c1-2-14(12-16)8-9-15(11-14)10-13-6-4-3-5-7-13/h3-7,16H,2,8-12H2,1H3. The van der Waals surface area contributed by atoms with E-state index in [1.54, 1.807) is 0 Å². The van der Waals surface area contributed by atoms with Crippen LogP contribution in [0.2, 0.25) is 0 Å². The van der Waals surface area contributed by atoms with Crippen molar-refractivity contribution in [1.82, 2.24) is 4.90 Å². The van der Waals surface area contributed by atoms with Gasteiger partial charge in [0, 0.05) is 25.1 Å². The first-order valence-electron chi connectivity index (χ1n) is 6.15. The highest BCUT2D eigenvalue weighted by atomic mass is 16.3. The molecule has 1 heterocycles. The van der Waals surface area contributed by atoms with Gasteiger partial charge < -0.3 is 5.11 Å². The summed E-state index contributed by atoms with van der Waals surface area (Å²) in [6.07, 6.45) is 2.21. The molecule has 0 aromatic heterocycles. The lowest BCUT2D eigenvalue weighted by molar-refractivity contribution is 0.123. The number of hydrogen-bond donors (Lipinski definition) is 1. The Kier molecular flexibility index (Phi) is 3.62. The van der Waals surface area contributed by atoms with E-state index in [2.05, 4.69) is 42.2 Å². The molecule has 1 aliphatic rings. The van der Waals surface area contributed by atoms with E-state index in [1.165, 1.54) is 5.56 Å². The molecule has 1 atom stereocenters. The Morgan fingerprint density at radius 2 is 2.06 bits per heavy atom. The normalized spacial score (nSPS) is 26.1. The third kappa shape index (κ3) is 2.45. The molecule has 2 nitrogen and oxygen atoms in total. The van der Waals surface area contributed by atoms with Crippen LogP contribution in [0.3, 0.4) is 0 Å². The van der Waals surface area contributed by atoms with Crippen molar-refractivity contribution in [3.63, 3.8) is 0 Å². The van der Waals surface area contributed by atoms with Gasteiger partial charge in [-0.25, -0.2) is 0 Å². The van der Waals surface area contributed by atoms with Crippen molar-refractivity contribution < 1.29 is 5.11 Å². The van der Waals surface area contributed by atoms with Crippen LogP contribution in [0, 0.1) is 5.41 Å². The molecule has 0 bridgehead atoms. The Morgan fingerprint density at radius 3 is 2.62 bits per heavy atom. The first-order chi connectivity index (χ1) is 7.78. The predicted octanol–water partition coefficient (Wildman–Crippen LogP) is 2.28. The fourth-order valence-electron chi connectivity index (χ4n) is 2.53. The van der Waals surface area contributed by atoms with Crippen LogP contribution in [0.1, 0.15) is 25.3 Å². The van der Waals surface area contributed by atoms with Crippen molar-refractivity contribution in [2.24, 2.45) is 5.41 Å². The van der Waals surface area contributed by atoms with Crippen LogP contribution in [0.15, 0.2) is 30.3 Å². The summed E-state index contributed by atoms with van der Waals surface area (Å²) in [4.78, 5) is 2.45. The number of likely N-dealkylation sites (tertiary alicyclic amines) is 1. The molecule has 1 aromatic rings. The first kappa shape index (κ1) is 11.6. The molecule has 1 unspecified atom stereocenters. The molecule has 1 N–H and O–H groups in total. The molecule has 0 amide bonds.